The van der Waals surface area contributed by atoms with Gasteiger partial charge in [-0.25, -0.2) is 9.37 Å². The number of pyridine rings is 1. The first-order valence-corrected chi connectivity index (χ1v) is 6.83. The fourth-order valence-corrected chi connectivity index (χ4v) is 2.41. The molecule has 2 aromatic heterocycles. The van der Waals surface area contributed by atoms with Crippen molar-refractivity contribution in [3.8, 4) is 0 Å². The lowest BCUT2D eigenvalue weighted by Crippen LogP contribution is -2.16. The predicted octanol–water partition coefficient (Wildman–Crippen LogP) is 3.07. The Morgan fingerprint density at radius 2 is 2.19 bits per heavy atom. The number of carbonyl (C=O) groups is 1. The average molecular weight is 349 g/mol. The van der Waals surface area contributed by atoms with E-state index in [0.717, 1.165) is 0 Å². The van der Waals surface area contributed by atoms with Crippen molar-refractivity contribution in [2.75, 3.05) is 11.1 Å². The number of rotatable bonds is 2. The number of hydrogen-bond donors (Lipinski definition) is 2. The van der Waals surface area contributed by atoms with Crippen LogP contribution in [-0.4, -0.2) is 15.3 Å². The smallest absolute Gasteiger partial charge is 0.259 e. The molecule has 1 amide bonds. The summed E-state index contributed by atoms with van der Waals surface area (Å²) in [7, 11) is 0. The van der Waals surface area contributed by atoms with E-state index in [0.29, 0.717) is 15.9 Å². The summed E-state index contributed by atoms with van der Waals surface area (Å²) in [5.41, 5.74) is 6.18. The zero-order chi connectivity index (χ0) is 15.0. The molecule has 21 heavy (non-hydrogen) atoms. The van der Waals surface area contributed by atoms with E-state index in [4.69, 9.17) is 5.73 Å². The maximum Gasteiger partial charge on any atom is 0.259 e. The van der Waals surface area contributed by atoms with E-state index in [-0.39, 0.29) is 11.3 Å². The fraction of sp³-hybridized carbons (Fsp3) is 0. The van der Waals surface area contributed by atoms with Crippen molar-refractivity contribution in [2.24, 2.45) is 0 Å². The zero-order valence-corrected chi connectivity index (χ0v) is 12.3. The molecule has 3 aromatic rings. The third kappa shape index (κ3) is 2.47. The molecule has 7 heteroatoms. The van der Waals surface area contributed by atoms with Gasteiger partial charge in [-0.05, 0) is 24.3 Å². The summed E-state index contributed by atoms with van der Waals surface area (Å²) in [5, 5.41) is 2.67. The van der Waals surface area contributed by atoms with Crippen molar-refractivity contribution in [3.63, 3.8) is 0 Å². The fourth-order valence-electron chi connectivity index (χ4n) is 1.98. The van der Waals surface area contributed by atoms with E-state index in [1.807, 2.05) is 18.2 Å². The lowest BCUT2D eigenvalue weighted by molar-refractivity contribution is 0.102. The molecule has 0 fully saturated rings. The summed E-state index contributed by atoms with van der Waals surface area (Å²) in [6.07, 6.45) is 3.29. The van der Waals surface area contributed by atoms with Crippen LogP contribution in [0.2, 0.25) is 0 Å². The van der Waals surface area contributed by atoms with Gasteiger partial charge in [0.1, 0.15) is 17.3 Å². The quantitative estimate of drug-likeness (QED) is 0.699. The van der Waals surface area contributed by atoms with Crippen LogP contribution in [0, 0.1) is 5.82 Å². The van der Waals surface area contributed by atoms with Gasteiger partial charge in [0.25, 0.3) is 5.91 Å². The molecule has 3 N–H and O–H groups in total. The molecule has 2 heterocycles. The molecule has 1 aromatic carbocycles. The summed E-state index contributed by atoms with van der Waals surface area (Å²) in [4.78, 5) is 16.4. The second-order valence-corrected chi connectivity index (χ2v) is 5.29. The molecule has 0 aliphatic carbocycles. The first-order valence-electron chi connectivity index (χ1n) is 6.04. The minimum atomic E-state index is -0.646. The van der Waals surface area contributed by atoms with Crippen LogP contribution in [0.25, 0.3) is 5.65 Å². The van der Waals surface area contributed by atoms with E-state index in [2.05, 4.69) is 26.2 Å². The number of amides is 1. The summed E-state index contributed by atoms with van der Waals surface area (Å²) in [5.74, 6) is -0.665. The molecule has 0 aliphatic rings. The van der Waals surface area contributed by atoms with Crippen molar-refractivity contribution < 1.29 is 9.18 Å². The van der Waals surface area contributed by atoms with Crippen molar-refractivity contribution in [1.82, 2.24) is 9.38 Å². The monoisotopic (exact) mass is 348 g/mol. The van der Waals surface area contributed by atoms with Gasteiger partial charge in [0, 0.05) is 10.7 Å². The number of nitrogens with two attached hydrogens (primary N) is 1. The number of nitrogens with one attached hydrogen (secondary N) is 1. The first kappa shape index (κ1) is 13.6. The molecule has 0 saturated heterocycles. The summed E-state index contributed by atoms with van der Waals surface area (Å²) in [6, 6.07) is 8.15. The van der Waals surface area contributed by atoms with Crippen LogP contribution >= 0.6 is 15.9 Å². The van der Waals surface area contributed by atoms with Crippen LogP contribution in [0.5, 0.6) is 0 Å². The third-order valence-corrected chi connectivity index (χ3v) is 3.46. The molecule has 0 bridgehead atoms. The van der Waals surface area contributed by atoms with Gasteiger partial charge in [-0.2, -0.15) is 0 Å². The number of fused-ring (bicyclic) bond motifs is 1. The summed E-state index contributed by atoms with van der Waals surface area (Å²) < 4.78 is 15.7. The van der Waals surface area contributed by atoms with Crippen molar-refractivity contribution >= 4 is 39.0 Å². The highest BCUT2D eigenvalue weighted by molar-refractivity contribution is 9.10. The number of hydrogen-bond acceptors (Lipinski definition) is 3. The van der Waals surface area contributed by atoms with Gasteiger partial charge in [0.2, 0.25) is 0 Å². The number of nitrogens with zero attached hydrogens (tertiary/aromatic N) is 2. The van der Waals surface area contributed by atoms with Crippen LogP contribution in [0.15, 0.2) is 47.2 Å². The number of anilines is 2. The van der Waals surface area contributed by atoms with Gasteiger partial charge in [-0.1, -0.05) is 22.0 Å². The predicted molar refractivity (Wildman–Crippen MR) is 81.7 cm³/mol. The Kier molecular flexibility index (Phi) is 3.34. The zero-order valence-electron chi connectivity index (χ0n) is 10.7. The van der Waals surface area contributed by atoms with Crippen molar-refractivity contribution in [1.29, 1.82) is 0 Å². The normalized spacial score (nSPS) is 10.8. The molecule has 106 valence electrons. The molecule has 0 radical (unpaired) electrons. The second kappa shape index (κ2) is 5.17. The molecular formula is C14H10BrFN4O. The second-order valence-electron chi connectivity index (χ2n) is 4.38. The van der Waals surface area contributed by atoms with Gasteiger partial charge in [-0.15, -0.1) is 0 Å². The third-order valence-electron chi connectivity index (χ3n) is 3.00. The number of nitrogen functional groups attached to an aromatic ring is 1. The Morgan fingerprint density at radius 1 is 1.38 bits per heavy atom. The largest absolute Gasteiger partial charge is 0.396 e. The molecular weight excluding hydrogens is 339 g/mol. The highest BCUT2D eigenvalue weighted by atomic mass is 79.9. The van der Waals surface area contributed by atoms with Gasteiger partial charge in [0.05, 0.1) is 17.4 Å². The van der Waals surface area contributed by atoms with E-state index in [1.165, 1.54) is 18.3 Å². The van der Waals surface area contributed by atoms with Crippen LogP contribution in [0.4, 0.5) is 15.9 Å². The van der Waals surface area contributed by atoms with Gasteiger partial charge >= 0.3 is 0 Å². The Balaban J connectivity index is 1.97. The number of carbonyl (C=O) groups excluding carboxylic acids is 1. The van der Waals surface area contributed by atoms with Crippen LogP contribution in [0.3, 0.4) is 0 Å². The highest BCUT2D eigenvalue weighted by Crippen LogP contribution is 2.23. The molecule has 0 spiro atoms. The topological polar surface area (TPSA) is 72.4 Å². The van der Waals surface area contributed by atoms with E-state index >= 15 is 0 Å². The maximum absolute atomic E-state index is 13.6. The van der Waals surface area contributed by atoms with Crippen molar-refractivity contribution in [3.05, 3.63) is 58.6 Å². The Morgan fingerprint density at radius 3 is 3.00 bits per heavy atom. The van der Waals surface area contributed by atoms with Gasteiger partial charge < -0.3 is 11.1 Å². The lowest BCUT2D eigenvalue weighted by atomic mass is 10.1. The van der Waals surface area contributed by atoms with Gasteiger partial charge in [-0.3, -0.25) is 9.20 Å². The Bertz CT molecular complexity index is 846. The minimum Gasteiger partial charge on any atom is -0.396 e. The lowest BCUT2D eigenvalue weighted by Gasteiger charge is -2.08. The highest BCUT2D eigenvalue weighted by Gasteiger charge is 2.16. The Hall–Kier alpha value is -2.41. The first-order chi connectivity index (χ1) is 10.1. The molecule has 5 nitrogen and oxygen atoms in total. The minimum absolute atomic E-state index is 0.0627. The van der Waals surface area contributed by atoms with E-state index in [9.17, 15) is 9.18 Å². The molecule has 0 atom stereocenters. The van der Waals surface area contributed by atoms with Crippen LogP contribution in [-0.2, 0) is 0 Å². The summed E-state index contributed by atoms with van der Waals surface area (Å²) >= 11 is 3.14. The average Bonchev–Trinajstić information content (AvgIpc) is 2.86. The number of benzene rings is 1. The Labute approximate surface area is 127 Å². The van der Waals surface area contributed by atoms with Gasteiger partial charge in [0.15, 0.2) is 0 Å². The molecule has 0 unspecified atom stereocenters. The standard InChI is InChI=1S/C14H10BrFN4O/c15-8-5-9(13(17)10(16)6-8)14(21)19-12-7-18-11-3-1-2-4-20(11)12/h1-7H,17H2,(H,19,21). The number of halogens is 2. The summed E-state index contributed by atoms with van der Waals surface area (Å²) in [6.45, 7) is 0. The maximum atomic E-state index is 13.6. The molecule has 0 saturated carbocycles. The number of imidazole rings is 1. The van der Waals surface area contributed by atoms with E-state index in [1.54, 1.807) is 10.6 Å². The van der Waals surface area contributed by atoms with Crippen LogP contribution < -0.4 is 11.1 Å². The SMILES string of the molecule is Nc1c(F)cc(Br)cc1C(=O)Nc1cnc2ccccn12. The molecule has 3 rings (SSSR count). The molecule has 0 aliphatic heterocycles. The number of aromatic nitrogens is 2. The van der Waals surface area contributed by atoms with Crippen molar-refractivity contribution in [2.45, 2.75) is 0 Å². The van der Waals surface area contributed by atoms with Crippen LogP contribution in [0.1, 0.15) is 10.4 Å². The van der Waals surface area contributed by atoms with E-state index < -0.39 is 11.7 Å².